The highest BCUT2D eigenvalue weighted by Crippen LogP contribution is 2.07. The van der Waals surface area contributed by atoms with E-state index in [1.165, 1.54) is 0 Å². The van der Waals surface area contributed by atoms with Crippen molar-refractivity contribution in [3.8, 4) is 0 Å². The first kappa shape index (κ1) is 12.7. The molecule has 0 spiro atoms. The summed E-state index contributed by atoms with van der Waals surface area (Å²) in [5.74, 6) is 0.289. The molecule has 90 valence electrons. The Morgan fingerprint density at radius 1 is 1.56 bits per heavy atom. The fourth-order valence-corrected chi connectivity index (χ4v) is 1.23. The molecule has 16 heavy (non-hydrogen) atoms. The quantitative estimate of drug-likeness (QED) is 0.644. The number of aryl methyl sites for hydroxylation is 2. The lowest BCUT2D eigenvalue weighted by atomic mass is 10.2. The van der Waals surface area contributed by atoms with Crippen LogP contribution in [0.25, 0.3) is 0 Å². The lowest BCUT2D eigenvalue weighted by Crippen LogP contribution is -2.28. The van der Waals surface area contributed by atoms with E-state index >= 15 is 0 Å². The molecule has 0 aliphatic carbocycles. The predicted molar refractivity (Wildman–Crippen MR) is 55.9 cm³/mol. The molecule has 0 saturated heterocycles. The monoisotopic (exact) mass is 228 g/mol. The Morgan fingerprint density at radius 2 is 2.25 bits per heavy atom. The summed E-state index contributed by atoms with van der Waals surface area (Å²) in [6.45, 7) is 4.25. The summed E-state index contributed by atoms with van der Waals surface area (Å²) in [7, 11) is 0. The van der Waals surface area contributed by atoms with Crippen LogP contribution in [-0.2, 0) is 11.3 Å². The normalized spacial score (nSPS) is 12.7. The highest BCUT2D eigenvalue weighted by Gasteiger charge is 2.10. The molecule has 0 fully saturated rings. The third-order valence-corrected chi connectivity index (χ3v) is 2.14. The molecule has 1 atom stereocenters. The predicted octanol–water partition coefficient (Wildman–Crippen LogP) is 0.217. The Kier molecular flexibility index (Phi) is 4.45. The number of carboxylic acid groups (broad SMARTS) is 1. The molecule has 0 radical (unpaired) electrons. The maximum absolute atomic E-state index is 10.3. The summed E-state index contributed by atoms with van der Waals surface area (Å²) >= 11 is 0. The Balaban J connectivity index is 2.27. The van der Waals surface area contributed by atoms with Gasteiger partial charge < -0.3 is 19.9 Å². The van der Waals surface area contributed by atoms with Crippen molar-refractivity contribution in [1.29, 1.82) is 0 Å². The fourth-order valence-electron chi connectivity index (χ4n) is 1.23. The van der Waals surface area contributed by atoms with Gasteiger partial charge in [0.25, 0.3) is 0 Å². The summed E-state index contributed by atoms with van der Waals surface area (Å²) in [5.41, 5.74) is 0.836. The average molecular weight is 228 g/mol. The van der Waals surface area contributed by atoms with Gasteiger partial charge in [-0.1, -0.05) is 0 Å². The van der Waals surface area contributed by atoms with Crippen LogP contribution in [0, 0.1) is 13.8 Å². The Hall–Kier alpha value is -1.40. The third-order valence-electron chi connectivity index (χ3n) is 2.14. The van der Waals surface area contributed by atoms with Crippen molar-refractivity contribution in [2.75, 3.05) is 6.54 Å². The van der Waals surface area contributed by atoms with Crippen molar-refractivity contribution in [3.63, 3.8) is 0 Å². The van der Waals surface area contributed by atoms with E-state index in [2.05, 4.69) is 10.3 Å². The van der Waals surface area contributed by atoms with Crippen LogP contribution in [0.1, 0.15) is 23.8 Å². The first-order valence-electron chi connectivity index (χ1n) is 5.02. The standard InChI is InChI=1S/C10H16N2O4/c1-6-7(2)16-9(12-6)5-11-4-8(13)3-10(14)15/h8,11,13H,3-5H2,1-2H3,(H,14,15). The van der Waals surface area contributed by atoms with Crippen LogP contribution in [0.15, 0.2) is 4.42 Å². The zero-order chi connectivity index (χ0) is 12.1. The van der Waals surface area contributed by atoms with Crippen molar-refractivity contribution in [2.45, 2.75) is 32.9 Å². The molecule has 0 saturated carbocycles. The number of hydrogen-bond donors (Lipinski definition) is 3. The number of aliphatic carboxylic acids is 1. The van der Waals surface area contributed by atoms with Gasteiger partial charge in [-0.15, -0.1) is 0 Å². The van der Waals surface area contributed by atoms with Gasteiger partial charge in [-0.3, -0.25) is 4.79 Å². The lowest BCUT2D eigenvalue weighted by Gasteiger charge is -2.07. The minimum Gasteiger partial charge on any atom is -0.481 e. The molecular weight excluding hydrogens is 212 g/mol. The topological polar surface area (TPSA) is 95.6 Å². The van der Waals surface area contributed by atoms with Crippen LogP contribution < -0.4 is 5.32 Å². The maximum atomic E-state index is 10.3. The molecule has 0 bridgehead atoms. The van der Waals surface area contributed by atoms with Gasteiger partial charge in [0, 0.05) is 6.54 Å². The van der Waals surface area contributed by atoms with Crippen molar-refractivity contribution < 1.29 is 19.4 Å². The van der Waals surface area contributed by atoms with Crippen LogP contribution in [0.4, 0.5) is 0 Å². The van der Waals surface area contributed by atoms with Crippen molar-refractivity contribution >= 4 is 5.97 Å². The van der Waals surface area contributed by atoms with E-state index in [1.54, 1.807) is 0 Å². The number of nitrogens with one attached hydrogen (secondary N) is 1. The van der Waals surface area contributed by atoms with Crippen LogP contribution in [0.2, 0.25) is 0 Å². The molecule has 1 aromatic rings. The Morgan fingerprint density at radius 3 is 2.75 bits per heavy atom. The van der Waals surface area contributed by atoms with E-state index in [0.717, 1.165) is 11.5 Å². The Labute approximate surface area is 93.3 Å². The van der Waals surface area contributed by atoms with Crippen LogP contribution >= 0.6 is 0 Å². The van der Waals surface area contributed by atoms with E-state index < -0.39 is 12.1 Å². The van der Waals surface area contributed by atoms with Gasteiger partial charge in [0.1, 0.15) is 5.76 Å². The first-order chi connectivity index (χ1) is 7.49. The number of aliphatic hydroxyl groups is 1. The third kappa shape index (κ3) is 4.00. The zero-order valence-corrected chi connectivity index (χ0v) is 9.36. The smallest absolute Gasteiger partial charge is 0.306 e. The van der Waals surface area contributed by atoms with Gasteiger partial charge in [-0.25, -0.2) is 4.98 Å². The van der Waals surface area contributed by atoms with Crippen molar-refractivity contribution in [3.05, 3.63) is 17.3 Å². The molecule has 3 N–H and O–H groups in total. The van der Waals surface area contributed by atoms with E-state index in [1.807, 2.05) is 13.8 Å². The molecule has 0 amide bonds. The zero-order valence-electron chi connectivity index (χ0n) is 9.36. The fraction of sp³-hybridized carbons (Fsp3) is 0.600. The number of rotatable bonds is 6. The largest absolute Gasteiger partial charge is 0.481 e. The van der Waals surface area contributed by atoms with Gasteiger partial charge >= 0.3 is 5.97 Å². The second kappa shape index (κ2) is 5.62. The first-order valence-corrected chi connectivity index (χ1v) is 5.02. The van der Waals surface area contributed by atoms with E-state index in [0.29, 0.717) is 12.4 Å². The summed E-state index contributed by atoms with van der Waals surface area (Å²) in [5, 5.41) is 20.6. The minimum absolute atomic E-state index is 0.201. The number of nitrogens with zero attached hydrogens (tertiary/aromatic N) is 1. The number of oxazole rings is 1. The van der Waals surface area contributed by atoms with Gasteiger partial charge in [0.15, 0.2) is 0 Å². The SMILES string of the molecule is Cc1nc(CNCC(O)CC(=O)O)oc1C. The summed E-state index contributed by atoms with van der Waals surface area (Å²) in [6.07, 6.45) is -1.16. The van der Waals surface area contributed by atoms with Gasteiger partial charge in [-0.05, 0) is 13.8 Å². The van der Waals surface area contributed by atoms with E-state index in [9.17, 15) is 9.90 Å². The summed E-state index contributed by atoms with van der Waals surface area (Å²) in [4.78, 5) is 14.4. The molecule has 0 aliphatic rings. The Bertz CT molecular complexity index is 342. The number of hydrogen-bond acceptors (Lipinski definition) is 5. The van der Waals surface area contributed by atoms with E-state index in [-0.39, 0.29) is 13.0 Å². The number of carboxylic acids is 1. The molecule has 0 aromatic carbocycles. The second-order valence-corrected chi connectivity index (χ2v) is 3.63. The van der Waals surface area contributed by atoms with Gasteiger partial charge in [-0.2, -0.15) is 0 Å². The highest BCUT2D eigenvalue weighted by molar-refractivity contribution is 5.67. The van der Waals surface area contributed by atoms with E-state index in [4.69, 9.17) is 9.52 Å². The lowest BCUT2D eigenvalue weighted by molar-refractivity contribution is -0.139. The van der Waals surface area contributed by atoms with Crippen LogP contribution in [0.5, 0.6) is 0 Å². The molecule has 0 aliphatic heterocycles. The summed E-state index contributed by atoms with van der Waals surface area (Å²) < 4.78 is 5.31. The molecule has 6 nitrogen and oxygen atoms in total. The van der Waals surface area contributed by atoms with Crippen molar-refractivity contribution in [2.24, 2.45) is 0 Å². The molecule has 1 aromatic heterocycles. The highest BCUT2D eigenvalue weighted by atomic mass is 16.4. The number of aromatic nitrogens is 1. The van der Waals surface area contributed by atoms with Gasteiger partial charge in [0.2, 0.25) is 5.89 Å². The summed E-state index contributed by atoms with van der Waals surface area (Å²) in [6, 6.07) is 0. The maximum Gasteiger partial charge on any atom is 0.306 e. The minimum atomic E-state index is -1.02. The number of aliphatic hydroxyl groups excluding tert-OH is 1. The number of carbonyl (C=O) groups is 1. The van der Waals surface area contributed by atoms with Crippen LogP contribution in [-0.4, -0.2) is 33.8 Å². The van der Waals surface area contributed by atoms with Crippen LogP contribution in [0.3, 0.4) is 0 Å². The molecule has 1 rings (SSSR count). The molecular formula is C10H16N2O4. The molecule has 1 heterocycles. The van der Waals surface area contributed by atoms with Crippen molar-refractivity contribution in [1.82, 2.24) is 10.3 Å². The average Bonchev–Trinajstić information content (AvgIpc) is 2.44. The molecule has 6 heteroatoms. The molecule has 1 unspecified atom stereocenters. The van der Waals surface area contributed by atoms with Gasteiger partial charge in [0.05, 0.1) is 24.8 Å². The second-order valence-electron chi connectivity index (χ2n) is 3.63.